The van der Waals surface area contributed by atoms with Gasteiger partial charge in [0.25, 0.3) is 0 Å². The lowest BCUT2D eigenvalue weighted by Gasteiger charge is -1.99. The molecule has 1 heterocycles. The molecule has 1 N–H and O–H groups in total. The van der Waals surface area contributed by atoms with Crippen molar-refractivity contribution in [2.24, 2.45) is 12.0 Å². The summed E-state index contributed by atoms with van der Waals surface area (Å²) in [6.45, 7) is 0. The number of aromatic carboxylic acids is 1. The molecule has 0 radical (unpaired) electrons. The van der Waals surface area contributed by atoms with Gasteiger partial charge in [-0.2, -0.15) is 5.10 Å². The van der Waals surface area contributed by atoms with Crippen LogP contribution in [0.3, 0.4) is 0 Å². The van der Waals surface area contributed by atoms with E-state index in [9.17, 15) is 17.6 Å². The fraction of sp³-hybridized carbons (Fsp3) is 0.118. The van der Waals surface area contributed by atoms with E-state index >= 15 is 0 Å². The van der Waals surface area contributed by atoms with Gasteiger partial charge in [0.05, 0.1) is 16.1 Å². The minimum Gasteiger partial charge on any atom is -0.478 e. The molecule has 27 heavy (non-hydrogen) atoms. The van der Waals surface area contributed by atoms with Crippen LogP contribution in [-0.4, -0.2) is 35.5 Å². The molecule has 3 aromatic rings. The van der Waals surface area contributed by atoms with Gasteiger partial charge in [-0.1, -0.05) is 23.5 Å². The van der Waals surface area contributed by atoms with Gasteiger partial charge in [0.1, 0.15) is 10.8 Å². The Balaban J connectivity index is 2.01. The van der Waals surface area contributed by atoms with Crippen LogP contribution in [0.5, 0.6) is 0 Å². The highest BCUT2D eigenvalue weighted by Crippen LogP contribution is 2.22. The van der Waals surface area contributed by atoms with E-state index in [-0.39, 0.29) is 10.6 Å². The van der Waals surface area contributed by atoms with Crippen molar-refractivity contribution in [1.82, 2.24) is 9.78 Å². The number of rotatable bonds is 4. The standard InChI is InChI=1S/C17H14FN3O4S2/c1-21-17(19-11-5-8-14(18)13(9-11)16(22)23)26-15(20-21)10-3-6-12(7-4-10)27(2,24)25/h3-9H,1-2H3,(H,22,23)/b19-17+. The van der Waals surface area contributed by atoms with Gasteiger partial charge in [0, 0.05) is 18.9 Å². The van der Waals surface area contributed by atoms with Crippen LogP contribution in [0.2, 0.25) is 0 Å². The molecule has 0 atom stereocenters. The van der Waals surface area contributed by atoms with E-state index in [1.54, 1.807) is 19.2 Å². The van der Waals surface area contributed by atoms with Crippen LogP contribution in [-0.2, 0) is 16.9 Å². The quantitative estimate of drug-likeness (QED) is 0.716. The van der Waals surface area contributed by atoms with E-state index in [2.05, 4.69) is 10.1 Å². The Morgan fingerprint density at radius 3 is 2.48 bits per heavy atom. The summed E-state index contributed by atoms with van der Waals surface area (Å²) in [6, 6.07) is 9.89. The maximum atomic E-state index is 13.5. The number of carboxylic acids is 1. The van der Waals surface area contributed by atoms with Crippen LogP contribution >= 0.6 is 11.3 Å². The molecule has 7 nitrogen and oxygen atoms in total. The highest BCUT2D eigenvalue weighted by molar-refractivity contribution is 7.90. The summed E-state index contributed by atoms with van der Waals surface area (Å²) in [4.78, 5) is 16.0. The van der Waals surface area contributed by atoms with Gasteiger partial charge < -0.3 is 5.11 Å². The van der Waals surface area contributed by atoms with Crippen LogP contribution in [0.1, 0.15) is 10.4 Å². The third-order valence-corrected chi connectivity index (χ3v) is 5.82. The molecule has 140 valence electrons. The average molecular weight is 407 g/mol. The van der Waals surface area contributed by atoms with Crippen molar-refractivity contribution >= 4 is 32.8 Å². The number of aromatic nitrogens is 2. The van der Waals surface area contributed by atoms with Crippen LogP contribution in [0.25, 0.3) is 10.6 Å². The third kappa shape index (κ3) is 4.12. The molecule has 0 bridgehead atoms. The summed E-state index contributed by atoms with van der Waals surface area (Å²) in [5.41, 5.74) is 0.543. The number of sulfone groups is 1. The maximum absolute atomic E-state index is 13.5. The molecule has 2 aromatic carbocycles. The first kappa shape index (κ1) is 18.9. The van der Waals surface area contributed by atoms with E-state index in [1.165, 1.54) is 34.2 Å². The molecule has 0 saturated heterocycles. The number of benzene rings is 2. The lowest BCUT2D eigenvalue weighted by Crippen LogP contribution is -2.11. The molecule has 0 aliphatic rings. The summed E-state index contributed by atoms with van der Waals surface area (Å²) in [6.07, 6.45) is 1.14. The number of carboxylic acid groups (broad SMARTS) is 1. The lowest BCUT2D eigenvalue weighted by atomic mass is 10.2. The van der Waals surface area contributed by atoms with Crippen LogP contribution < -0.4 is 4.80 Å². The van der Waals surface area contributed by atoms with E-state index in [4.69, 9.17) is 5.11 Å². The highest BCUT2D eigenvalue weighted by Gasteiger charge is 2.12. The minimum atomic E-state index is -3.28. The Morgan fingerprint density at radius 2 is 1.89 bits per heavy atom. The monoisotopic (exact) mass is 407 g/mol. The molecule has 0 unspecified atom stereocenters. The van der Waals surface area contributed by atoms with E-state index in [0.29, 0.717) is 9.81 Å². The summed E-state index contributed by atoms with van der Waals surface area (Å²) >= 11 is 1.23. The van der Waals surface area contributed by atoms with E-state index < -0.39 is 27.2 Å². The van der Waals surface area contributed by atoms with Crippen molar-refractivity contribution < 1.29 is 22.7 Å². The number of hydrogen-bond acceptors (Lipinski definition) is 6. The Bertz CT molecular complexity index is 1200. The Morgan fingerprint density at radius 1 is 1.22 bits per heavy atom. The molecule has 0 fully saturated rings. The lowest BCUT2D eigenvalue weighted by molar-refractivity contribution is 0.0692. The maximum Gasteiger partial charge on any atom is 0.338 e. The van der Waals surface area contributed by atoms with E-state index in [1.807, 2.05) is 0 Å². The van der Waals surface area contributed by atoms with Crippen LogP contribution in [0, 0.1) is 5.82 Å². The second-order valence-corrected chi connectivity index (χ2v) is 8.66. The zero-order valence-corrected chi connectivity index (χ0v) is 15.9. The van der Waals surface area contributed by atoms with Gasteiger partial charge in [0.2, 0.25) is 4.80 Å². The molecule has 0 aliphatic carbocycles. The van der Waals surface area contributed by atoms with Gasteiger partial charge in [-0.15, -0.1) is 0 Å². The Labute approximate surface area is 158 Å². The van der Waals surface area contributed by atoms with E-state index in [0.717, 1.165) is 24.0 Å². The second kappa shape index (κ2) is 7.05. The van der Waals surface area contributed by atoms with Crippen LogP contribution in [0.15, 0.2) is 52.4 Å². The number of nitrogens with zero attached hydrogens (tertiary/aromatic N) is 3. The number of hydrogen-bond donors (Lipinski definition) is 1. The molecule has 10 heteroatoms. The fourth-order valence-electron chi connectivity index (χ4n) is 2.27. The summed E-state index contributed by atoms with van der Waals surface area (Å²) in [5, 5.41) is 14.0. The smallest absolute Gasteiger partial charge is 0.338 e. The summed E-state index contributed by atoms with van der Waals surface area (Å²) in [7, 11) is -1.61. The van der Waals surface area contributed by atoms with Crippen molar-refractivity contribution in [2.75, 3.05) is 6.26 Å². The molecule has 1 aromatic heterocycles. The zero-order chi connectivity index (χ0) is 19.8. The second-order valence-electron chi connectivity index (χ2n) is 5.69. The van der Waals surface area contributed by atoms with Gasteiger partial charge in [-0.25, -0.2) is 27.3 Å². The Hall–Kier alpha value is -2.85. The average Bonchev–Trinajstić information content (AvgIpc) is 2.96. The van der Waals surface area contributed by atoms with Crippen molar-refractivity contribution in [3.63, 3.8) is 0 Å². The first-order valence-corrected chi connectivity index (χ1v) is 10.3. The van der Waals surface area contributed by atoms with Crippen molar-refractivity contribution in [1.29, 1.82) is 0 Å². The normalized spacial score (nSPS) is 12.3. The molecule has 0 saturated carbocycles. The highest BCUT2D eigenvalue weighted by atomic mass is 32.2. The van der Waals surface area contributed by atoms with Crippen LogP contribution in [0.4, 0.5) is 10.1 Å². The molecular weight excluding hydrogens is 393 g/mol. The topological polar surface area (TPSA) is 102 Å². The minimum absolute atomic E-state index is 0.213. The molecule has 0 spiro atoms. The molecule has 0 aliphatic heterocycles. The SMILES string of the molecule is Cn1nc(-c2ccc(S(C)(=O)=O)cc2)s/c1=N/c1ccc(F)c(C(=O)O)c1. The first-order chi connectivity index (χ1) is 12.6. The largest absolute Gasteiger partial charge is 0.478 e. The van der Waals surface area contributed by atoms with Gasteiger partial charge in [0.15, 0.2) is 9.84 Å². The van der Waals surface area contributed by atoms with Crippen molar-refractivity contribution in [3.05, 3.63) is 58.6 Å². The zero-order valence-electron chi connectivity index (χ0n) is 14.2. The number of halogens is 1. The molecule has 3 rings (SSSR count). The Kier molecular flexibility index (Phi) is 4.94. The van der Waals surface area contributed by atoms with Gasteiger partial charge in [-0.05, 0) is 30.3 Å². The fourth-order valence-corrected chi connectivity index (χ4v) is 3.81. The number of carbonyl (C=O) groups is 1. The first-order valence-electron chi connectivity index (χ1n) is 7.57. The van der Waals surface area contributed by atoms with Crippen molar-refractivity contribution in [3.8, 4) is 10.6 Å². The summed E-state index contributed by atoms with van der Waals surface area (Å²) < 4.78 is 38.1. The number of aryl methyl sites for hydroxylation is 1. The predicted molar refractivity (Wildman–Crippen MR) is 98.2 cm³/mol. The third-order valence-electron chi connectivity index (χ3n) is 3.64. The van der Waals surface area contributed by atoms with Crippen molar-refractivity contribution in [2.45, 2.75) is 4.90 Å². The molecule has 0 amide bonds. The van der Waals surface area contributed by atoms with Gasteiger partial charge in [-0.3, -0.25) is 0 Å². The predicted octanol–water partition coefficient (Wildman–Crippen LogP) is 2.62. The van der Waals surface area contributed by atoms with Gasteiger partial charge >= 0.3 is 5.97 Å². The molecular formula is C17H14FN3O4S2. The summed E-state index contributed by atoms with van der Waals surface area (Å²) in [5.74, 6) is -2.20.